The van der Waals surface area contributed by atoms with Crippen LogP contribution in [0.3, 0.4) is 0 Å². The van der Waals surface area contributed by atoms with Gasteiger partial charge in [-0.2, -0.15) is 5.10 Å². The lowest BCUT2D eigenvalue weighted by Crippen LogP contribution is -2.30. The van der Waals surface area contributed by atoms with Crippen LogP contribution in [0.2, 0.25) is 0 Å². The van der Waals surface area contributed by atoms with E-state index in [-0.39, 0.29) is 30.6 Å². The van der Waals surface area contributed by atoms with Crippen molar-refractivity contribution in [3.8, 4) is 0 Å². The van der Waals surface area contributed by atoms with Gasteiger partial charge >= 0.3 is 5.97 Å². The summed E-state index contributed by atoms with van der Waals surface area (Å²) in [5, 5.41) is 15.3. The predicted molar refractivity (Wildman–Crippen MR) is 64.5 cm³/mol. The number of hydrogen-bond acceptors (Lipinski definition) is 4. The van der Waals surface area contributed by atoms with Gasteiger partial charge in [-0.05, 0) is 19.3 Å². The Bertz CT molecular complexity index is 513. The van der Waals surface area contributed by atoms with E-state index in [1.54, 1.807) is 6.07 Å². The molecule has 2 fully saturated rings. The maximum Gasteiger partial charge on any atom is 0.325 e. The lowest BCUT2D eigenvalue weighted by atomic mass is 9.88. The fourth-order valence-corrected chi connectivity index (χ4v) is 2.79. The number of nitrogens with zero attached hydrogens (tertiary/aromatic N) is 2. The minimum atomic E-state index is -0.970. The number of carboxylic acids is 1. The molecule has 7 nitrogen and oxygen atoms in total. The molecule has 3 rings (SSSR count). The van der Waals surface area contributed by atoms with Gasteiger partial charge in [0.15, 0.2) is 5.82 Å². The molecule has 2 aliphatic rings. The van der Waals surface area contributed by atoms with Crippen LogP contribution in [0.5, 0.6) is 0 Å². The molecule has 7 heteroatoms. The van der Waals surface area contributed by atoms with E-state index in [0.717, 1.165) is 19.3 Å². The lowest BCUT2D eigenvalue weighted by molar-refractivity contribution is -0.137. The summed E-state index contributed by atoms with van der Waals surface area (Å²) in [5.74, 6) is -0.785. The molecule has 3 unspecified atom stereocenters. The first-order chi connectivity index (χ1) is 9.11. The average molecular weight is 265 g/mol. The Labute approximate surface area is 109 Å². The van der Waals surface area contributed by atoms with Gasteiger partial charge in [0.2, 0.25) is 5.91 Å². The van der Waals surface area contributed by atoms with Crippen molar-refractivity contribution in [2.45, 2.75) is 38.0 Å². The Hall–Kier alpha value is -1.89. The Morgan fingerprint density at radius 2 is 2.37 bits per heavy atom. The Morgan fingerprint density at radius 3 is 3.00 bits per heavy atom. The van der Waals surface area contributed by atoms with E-state index in [1.807, 2.05) is 0 Å². The van der Waals surface area contributed by atoms with Crippen LogP contribution in [0.1, 0.15) is 19.3 Å². The number of fused-ring (bicyclic) bond motifs is 2. The Kier molecular flexibility index (Phi) is 2.98. The van der Waals surface area contributed by atoms with Crippen LogP contribution in [0.4, 0.5) is 5.82 Å². The molecule has 2 aliphatic heterocycles. The maximum atomic E-state index is 12.1. The molecule has 3 atom stereocenters. The molecule has 0 aromatic carbocycles. The molecule has 1 aromatic rings. The largest absolute Gasteiger partial charge is 0.480 e. The Morgan fingerprint density at radius 1 is 1.53 bits per heavy atom. The van der Waals surface area contributed by atoms with Gasteiger partial charge < -0.3 is 15.2 Å². The number of carbonyl (C=O) groups is 2. The van der Waals surface area contributed by atoms with E-state index < -0.39 is 5.97 Å². The highest BCUT2D eigenvalue weighted by Gasteiger charge is 2.44. The third-order valence-corrected chi connectivity index (χ3v) is 3.63. The van der Waals surface area contributed by atoms with Crippen LogP contribution < -0.4 is 5.32 Å². The van der Waals surface area contributed by atoms with Gasteiger partial charge in [-0.25, -0.2) is 0 Å². The number of ether oxygens (including phenoxy) is 1. The van der Waals surface area contributed by atoms with Crippen LogP contribution >= 0.6 is 0 Å². The summed E-state index contributed by atoms with van der Waals surface area (Å²) < 4.78 is 6.91. The van der Waals surface area contributed by atoms with Crippen molar-refractivity contribution >= 4 is 17.7 Å². The van der Waals surface area contributed by atoms with E-state index in [2.05, 4.69) is 10.4 Å². The van der Waals surface area contributed by atoms with Gasteiger partial charge in [-0.15, -0.1) is 0 Å². The molecule has 0 saturated carbocycles. The van der Waals surface area contributed by atoms with Crippen molar-refractivity contribution in [3.63, 3.8) is 0 Å². The zero-order chi connectivity index (χ0) is 13.4. The zero-order valence-corrected chi connectivity index (χ0v) is 10.3. The second-order valence-electron chi connectivity index (χ2n) is 5.00. The van der Waals surface area contributed by atoms with Gasteiger partial charge in [0.1, 0.15) is 6.54 Å². The van der Waals surface area contributed by atoms with Crippen LogP contribution in [-0.4, -0.2) is 39.0 Å². The maximum absolute atomic E-state index is 12.1. The zero-order valence-electron chi connectivity index (χ0n) is 10.3. The van der Waals surface area contributed by atoms with Crippen LogP contribution in [0.25, 0.3) is 0 Å². The first-order valence-electron chi connectivity index (χ1n) is 6.33. The van der Waals surface area contributed by atoms with E-state index in [1.165, 1.54) is 10.9 Å². The third-order valence-electron chi connectivity index (χ3n) is 3.63. The number of carbonyl (C=O) groups excluding carboxylic acids is 1. The van der Waals surface area contributed by atoms with Crippen LogP contribution in [0.15, 0.2) is 12.3 Å². The summed E-state index contributed by atoms with van der Waals surface area (Å²) >= 11 is 0. The minimum Gasteiger partial charge on any atom is -0.480 e. The molecule has 2 N–H and O–H groups in total. The monoisotopic (exact) mass is 265 g/mol. The summed E-state index contributed by atoms with van der Waals surface area (Å²) in [7, 11) is 0. The second-order valence-corrected chi connectivity index (χ2v) is 5.00. The normalized spacial score (nSPS) is 28.5. The van der Waals surface area contributed by atoms with Gasteiger partial charge in [0.05, 0.1) is 18.1 Å². The van der Waals surface area contributed by atoms with Crippen molar-refractivity contribution in [3.05, 3.63) is 12.3 Å². The molecule has 1 aromatic heterocycles. The summed E-state index contributed by atoms with van der Waals surface area (Å²) in [6.07, 6.45) is 4.54. The van der Waals surface area contributed by atoms with Crippen molar-refractivity contribution in [1.29, 1.82) is 0 Å². The summed E-state index contributed by atoms with van der Waals surface area (Å²) in [5.41, 5.74) is 0. The predicted octanol–water partition coefficient (Wildman–Crippen LogP) is 0.474. The average Bonchev–Trinajstić information content (AvgIpc) is 3.04. The molecular formula is C12H15N3O4. The minimum absolute atomic E-state index is 0.0334. The highest BCUT2D eigenvalue weighted by atomic mass is 16.5. The van der Waals surface area contributed by atoms with Crippen molar-refractivity contribution in [2.75, 3.05) is 5.32 Å². The van der Waals surface area contributed by atoms with E-state index >= 15 is 0 Å². The molecule has 1 amide bonds. The first-order valence-corrected chi connectivity index (χ1v) is 6.33. The number of hydrogen-bond donors (Lipinski definition) is 2. The van der Waals surface area contributed by atoms with E-state index in [4.69, 9.17) is 9.84 Å². The summed E-state index contributed by atoms with van der Waals surface area (Å²) in [4.78, 5) is 22.6. The Balaban J connectivity index is 1.60. The van der Waals surface area contributed by atoms with Crippen LogP contribution in [0, 0.1) is 5.92 Å². The smallest absolute Gasteiger partial charge is 0.325 e. The number of rotatable bonds is 4. The van der Waals surface area contributed by atoms with Crippen molar-refractivity contribution in [1.82, 2.24) is 9.78 Å². The van der Waals surface area contributed by atoms with Crippen molar-refractivity contribution in [2.24, 2.45) is 5.92 Å². The fourth-order valence-electron chi connectivity index (χ4n) is 2.79. The third kappa shape index (κ3) is 2.46. The van der Waals surface area contributed by atoms with Crippen LogP contribution in [-0.2, 0) is 20.9 Å². The first kappa shape index (κ1) is 12.2. The topological polar surface area (TPSA) is 93.5 Å². The molecule has 3 heterocycles. The SMILES string of the molecule is O=C(O)Cn1ccc(NC(=O)C2CC3CCC2O3)n1. The molecule has 102 valence electrons. The quantitative estimate of drug-likeness (QED) is 0.825. The lowest BCUT2D eigenvalue weighted by Gasteiger charge is -2.16. The van der Waals surface area contributed by atoms with E-state index in [9.17, 15) is 9.59 Å². The van der Waals surface area contributed by atoms with E-state index in [0.29, 0.717) is 5.82 Å². The van der Waals surface area contributed by atoms with Gasteiger partial charge in [-0.1, -0.05) is 0 Å². The van der Waals surface area contributed by atoms with Gasteiger partial charge in [0.25, 0.3) is 0 Å². The number of amides is 1. The number of aliphatic carboxylic acids is 1. The summed E-state index contributed by atoms with van der Waals surface area (Å²) in [6, 6.07) is 1.59. The number of nitrogens with one attached hydrogen (secondary N) is 1. The molecule has 19 heavy (non-hydrogen) atoms. The highest BCUT2D eigenvalue weighted by Crippen LogP contribution is 2.39. The number of carboxylic acid groups (broad SMARTS) is 1. The molecule has 0 radical (unpaired) electrons. The molecule has 0 aliphatic carbocycles. The number of aromatic nitrogens is 2. The fraction of sp³-hybridized carbons (Fsp3) is 0.583. The second kappa shape index (κ2) is 4.65. The highest BCUT2D eigenvalue weighted by molar-refractivity contribution is 5.92. The molecular weight excluding hydrogens is 250 g/mol. The number of anilines is 1. The van der Waals surface area contributed by atoms with Gasteiger partial charge in [-0.3, -0.25) is 14.3 Å². The van der Waals surface area contributed by atoms with Gasteiger partial charge in [0, 0.05) is 12.3 Å². The molecule has 0 spiro atoms. The molecule has 2 saturated heterocycles. The van der Waals surface area contributed by atoms with Crippen molar-refractivity contribution < 1.29 is 19.4 Å². The summed E-state index contributed by atoms with van der Waals surface area (Å²) in [6.45, 7) is -0.215. The standard InChI is InChI=1S/C12H15N3O4/c16-11(17)6-15-4-3-10(14-15)13-12(18)8-5-7-1-2-9(8)19-7/h3-4,7-9H,1-2,5-6H2,(H,16,17)(H,13,14,18). The molecule has 2 bridgehead atoms.